The molecule has 1 aliphatic carbocycles. The minimum absolute atomic E-state index is 0.711. The van der Waals surface area contributed by atoms with Crippen LogP contribution < -0.4 is 5.73 Å². The highest BCUT2D eigenvalue weighted by Gasteiger charge is 2.31. The van der Waals surface area contributed by atoms with Crippen molar-refractivity contribution in [2.45, 2.75) is 44.6 Å². The predicted molar refractivity (Wildman–Crippen MR) is 76.5 cm³/mol. The SMILES string of the molecule is CN1Cc2c(N)cccc2C(C2CCCCC2)C1. The molecule has 2 aliphatic rings. The maximum absolute atomic E-state index is 6.17. The van der Waals surface area contributed by atoms with Gasteiger partial charge in [-0.3, -0.25) is 0 Å². The molecule has 1 heterocycles. The second-order valence-corrected chi connectivity index (χ2v) is 6.12. The average molecular weight is 244 g/mol. The Kier molecular flexibility index (Phi) is 3.29. The zero-order valence-corrected chi connectivity index (χ0v) is 11.4. The number of nitrogen functional groups attached to an aromatic ring is 1. The van der Waals surface area contributed by atoms with Gasteiger partial charge in [-0.1, -0.05) is 31.4 Å². The largest absolute Gasteiger partial charge is 0.398 e. The first kappa shape index (κ1) is 12.0. The van der Waals surface area contributed by atoms with Crippen molar-refractivity contribution in [3.63, 3.8) is 0 Å². The molecule has 1 fully saturated rings. The number of benzene rings is 1. The molecule has 0 spiro atoms. The molecule has 0 radical (unpaired) electrons. The smallest absolute Gasteiger partial charge is 0.0362 e. The van der Waals surface area contributed by atoms with Crippen molar-refractivity contribution in [3.8, 4) is 0 Å². The van der Waals surface area contributed by atoms with Gasteiger partial charge in [-0.15, -0.1) is 0 Å². The van der Waals surface area contributed by atoms with E-state index in [4.69, 9.17) is 5.73 Å². The Morgan fingerprint density at radius 3 is 2.72 bits per heavy atom. The normalized spacial score (nSPS) is 25.9. The first-order chi connectivity index (χ1) is 8.75. The molecule has 0 aromatic heterocycles. The highest BCUT2D eigenvalue weighted by molar-refractivity contribution is 5.53. The van der Waals surface area contributed by atoms with Crippen molar-refractivity contribution >= 4 is 5.69 Å². The summed E-state index contributed by atoms with van der Waals surface area (Å²) >= 11 is 0. The summed E-state index contributed by atoms with van der Waals surface area (Å²) in [5, 5.41) is 0. The van der Waals surface area contributed by atoms with Crippen LogP contribution in [0.3, 0.4) is 0 Å². The van der Waals surface area contributed by atoms with E-state index in [-0.39, 0.29) is 0 Å². The molecule has 0 bridgehead atoms. The van der Waals surface area contributed by atoms with Crippen molar-refractivity contribution < 1.29 is 0 Å². The Labute approximate surface area is 110 Å². The minimum Gasteiger partial charge on any atom is -0.398 e. The van der Waals surface area contributed by atoms with Gasteiger partial charge in [0.15, 0.2) is 0 Å². The van der Waals surface area contributed by atoms with Crippen molar-refractivity contribution in [2.24, 2.45) is 5.92 Å². The number of fused-ring (bicyclic) bond motifs is 1. The van der Waals surface area contributed by atoms with Crippen LogP contribution in [0, 0.1) is 5.92 Å². The second kappa shape index (κ2) is 4.93. The number of nitrogens with zero attached hydrogens (tertiary/aromatic N) is 1. The van der Waals surface area contributed by atoms with Crippen LogP contribution in [-0.4, -0.2) is 18.5 Å². The third-order valence-electron chi connectivity index (χ3n) is 4.80. The summed E-state index contributed by atoms with van der Waals surface area (Å²) in [7, 11) is 2.23. The molecule has 2 heteroatoms. The lowest BCUT2D eigenvalue weighted by atomic mass is 9.74. The van der Waals surface area contributed by atoms with Gasteiger partial charge in [-0.05, 0) is 48.9 Å². The molecule has 2 N–H and O–H groups in total. The Balaban J connectivity index is 1.94. The molecule has 1 unspecified atom stereocenters. The Morgan fingerprint density at radius 2 is 1.94 bits per heavy atom. The van der Waals surface area contributed by atoms with E-state index in [2.05, 4.69) is 30.1 Å². The summed E-state index contributed by atoms with van der Waals surface area (Å²) in [4.78, 5) is 2.44. The van der Waals surface area contributed by atoms with Crippen LogP contribution >= 0.6 is 0 Å². The fraction of sp³-hybridized carbons (Fsp3) is 0.625. The molecule has 0 amide bonds. The molecule has 1 aromatic rings. The van der Waals surface area contributed by atoms with Crippen LogP contribution in [0.1, 0.15) is 49.1 Å². The summed E-state index contributed by atoms with van der Waals surface area (Å²) in [5.74, 6) is 1.59. The third-order valence-corrected chi connectivity index (χ3v) is 4.80. The fourth-order valence-electron chi connectivity index (χ4n) is 3.86. The van der Waals surface area contributed by atoms with Crippen LogP contribution in [0.25, 0.3) is 0 Å². The molecule has 1 aromatic carbocycles. The van der Waals surface area contributed by atoms with Gasteiger partial charge in [0.2, 0.25) is 0 Å². The number of rotatable bonds is 1. The molecule has 3 rings (SSSR count). The summed E-state index contributed by atoms with van der Waals surface area (Å²) in [6.45, 7) is 2.23. The van der Waals surface area contributed by atoms with Gasteiger partial charge in [0.1, 0.15) is 0 Å². The van der Waals surface area contributed by atoms with E-state index >= 15 is 0 Å². The van der Waals surface area contributed by atoms with Crippen molar-refractivity contribution in [3.05, 3.63) is 29.3 Å². The van der Waals surface area contributed by atoms with E-state index in [0.29, 0.717) is 5.92 Å². The summed E-state index contributed by atoms with van der Waals surface area (Å²) in [6, 6.07) is 6.50. The summed E-state index contributed by atoms with van der Waals surface area (Å²) in [6.07, 6.45) is 7.09. The Hall–Kier alpha value is -1.02. The Bertz CT molecular complexity index is 421. The second-order valence-electron chi connectivity index (χ2n) is 6.12. The molecule has 2 nitrogen and oxygen atoms in total. The number of hydrogen-bond acceptors (Lipinski definition) is 2. The topological polar surface area (TPSA) is 29.3 Å². The number of anilines is 1. The summed E-state index contributed by atoms with van der Waals surface area (Å²) in [5.41, 5.74) is 10.1. The number of nitrogens with two attached hydrogens (primary N) is 1. The molecule has 1 atom stereocenters. The zero-order valence-electron chi connectivity index (χ0n) is 11.4. The van der Waals surface area contributed by atoms with Crippen LogP contribution in [0.2, 0.25) is 0 Å². The highest BCUT2D eigenvalue weighted by atomic mass is 15.1. The van der Waals surface area contributed by atoms with E-state index < -0.39 is 0 Å². The third kappa shape index (κ3) is 2.14. The van der Waals surface area contributed by atoms with E-state index in [0.717, 1.165) is 18.2 Å². The number of likely N-dealkylation sites (N-methyl/N-ethyl adjacent to an activating group) is 1. The minimum atomic E-state index is 0.711. The van der Waals surface area contributed by atoms with Crippen molar-refractivity contribution in [1.82, 2.24) is 4.90 Å². The number of hydrogen-bond donors (Lipinski definition) is 1. The molecular formula is C16H24N2. The lowest BCUT2D eigenvalue weighted by molar-refractivity contribution is 0.209. The fourth-order valence-corrected chi connectivity index (χ4v) is 3.86. The predicted octanol–water partition coefficient (Wildman–Crippen LogP) is 3.38. The lowest BCUT2D eigenvalue weighted by Gasteiger charge is -2.39. The lowest BCUT2D eigenvalue weighted by Crippen LogP contribution is -2.35. The molecule has 1 saturated carbocycles. The van der Waals surface area contributed by atoms with Gasteiger partial charge in [0, 0.05) is 18.8 Å². The van der Waals surface area contributed by atoms with Crippen molar-refractivity contribution in [1.29, 1.82) is 0 Å². The van der Waals surface area contributed by atoms with Crippen LogP contribution in [0.15, 0.2) is 18.2 Å². The molecule has 18 heavy (non-hydrogen) atoms. The van der Waals surface area contributed by atoms with Gasteiger partial charge >= 0.3 is 0 Å². The monoisotopic (exact) mass is 244 g/mol. The van der Waals surface area contributed by atoms with Crippen LogP contribution in [0.4, 0.5) is 5.69 Å². The zero-order chi connectivity index (χ0) is 12.5. The molecule has 98 valence electrons. The maximum atomic E-state index is 6.17. The van der Waals surface area contributed by atoms with E-state index in [9.17, 15) is 0 Å². The quantitative estimate of drug-likeness (QED) is 0.767. The van der Waals surface area contributed by atoms with Crippen molar-refractivity contribution in [2.75, 3.05) is 19.3 Å². The first-order valence-corrected chi connectivity index (χ1v) is 7.31. The molecule has 0 saturated heterocycles. The van der Waals surface area contributed by atoms with Gasteiger partial charge in [-0.2, -0.15) is 0 Å². The molecule has 1 aliphatic heterocycles. The molecular weight excluding hydrogens is 220 g/mol. The van der Waals surface area contributed by atoms with Gasteiger partial charge < -0.3 is 10.6 Å². The van der Waals surface area contributed by atoms with Gasteiger partial charge in [-0.25, -0.2) is 0 Å². The highest BCUT2D eigenvalue weighted by Crippen LogP contribution is 2.41. The maximum Gasteiger partial charge on any atom is 0.0362 e. The van der Waals surface area contributed by atoms with Gasteiger partial charge in [0.25, 0.3) is 0 Å². The summed E-state index contributed by atoms with van der Waals surface area (Å²) < 4.78 is 0. The van der Waals surface area contributed by atoms with Crippen LogP contribution in [-0.2, 0) is 6.54 Å². The van der Waals surface area contributed by atoms with E-state index in [1.807, 2.05) is 0 Å². The Morgan fingerprint density at radius 1 is 1.17 bits per heavy atom. The van der Waals surface area contributed by atoms with E-state index in [1.165, 1.54) is 44.2 Å². The standard InChI is InChI=1S/C16H24N2/c1-18-10-14(12-6-3-2-4-7-12)13-8-5-9-16(17)15(13)11-18/h5,8-9,12,14H,2-4,6-7,10-11,17H2,1H3. The average Bonchev–Trinajstić information content (AvgIpc) is 2.40. The van der Waals surface area contributed by atoms with E-state index in [1.54, 1.807) is 5.56 Å². The van der Waals surface area contributed by atoms with Crippen LogP contribution in [0.5, 0.6) is 0 Å². The van der Waals surface area contributed by atoms with Gasteiger partial charge in [0.05, 0.1) is 0 Å². The first-order valence-electron chi connectivity index (χ1n) is 7.31.